The quantitative estimate of drug-likeness (QED) is 0.298. The summed E-state index contributed by atoms with van der Waals surface area (Å²) in [6.07, 6.45) is -4.49. The van der Waals surface area contributed by atoms with E-state index in [0.717, 1.165) is 6.20 Å². The van der Waals surface area contributed by atoms with Gasteiger partial charge < -0.3 is 35.0 Å². The maximum absolute atomic E-state index is 11.8. The van der Waals surface area contributed by atoms with E-state index in [0.29, 0.717) is 0 Å². The van der Waals surface area contributed by atoms with Crippen LogP contribution in [0.15, 0.2) is 24.5 Å². The van der Waals surface area contributed by atoms with Crippen molar-refractivity contribution in [3.8, 4) is 0 Å². The summed E-state index contributed by atoms with van der Waals surface area (Å²) in [6, 6.07) is 2.80. The van der Waals surface area contributed by atoms with E-state index >= 15 is 0 Å². The molecule has 1 aliphatic heterocycles. The fraction of sp³-hybridized carbons (Fsp3) is 0.500. The zero-order chi connectivity index (χ0) is 15.6. The second-order valence-corrected chi connectivity index (χ2v) is 4.53. The standard InChI is InChI=1S/C12H15NO8/c14-5-7-8(15)9(16)10(17)12(19,20-7)21-11(18)6-2-1-3-13-4-6/h1-4,7-10,14-17,19H,5H2/t7-,8-,9+,10-,12+/m1/s1. The molecule has 0 bridgehead atoms. The zero-order valence-electron chi connectivity index (χ0n) is 10.7. The van der Waals surface area contributed by atoms with E-state index in [-0.39, 0.29) is 5.56 Å². The van der Waals surface area contributed by atoms with E-state index in [1.54, 1.807) is 0 Å². The van der Waals surface area contributed by atoms with Crippen LogP contribution in [-0.2, 0) is 9.47 Å². The van der Waals surface area contributed by atoms with Crippen molar-refractivity contribution >= 4 is 5.97 Å². The van der Waals surface area contributed by atoms with Crippen LogP contribution >= 0.6 is 0 Å². The van der Waals surface area contributed by atoms with Crippen molar-refractivity contribution in [2.45, 2.75) is 30.4 Å². The molecule has 0 aliphatic carbocycles. The molecule has 0 aromatic carbocycles. The number of carbonyl (C=O) groups is 1. The van der Waals surface area contributed by atoms with Crippen LogP contribution in [0.4, 0.5) is 0 Å². The van der Waals surface area contributed by atoms with Crippen molar-refractivity contribution in [2.75, 3.05) is 6.61 Å². The molecular weight excluding hydrogens is 286 g/mol. The van der Waals surface area contributed by atoms with Gasteiger partial charge in [0.15, 0.2) is 6.10 Å². The fourth-order valence-corrected chi connectivity index (χ4v) is 1.88. The highest BCUT2D eigenvalue weighted by Crippen LogP contribution is 2.29. The SMILES string of the molecule is O=C(O[C@@]1(O)O[C@H](CO)[C@@H](O)[C@H](O)[C@H]1O)c1cccnc1. The number of pyridine rings is 1. The van der Waals surface area contributed by atoms with E-state index in [1.807, 2.05) is 0 Å². The third kappa shape index (κ3) is 3.02. The van der Waals surface area contributed by atoms with Crippen molar-refractivity contribution in [1.29, 1.82) is 0 Å². The normalized spacial score (nSPS) is 36.2. The predicted molar refractivity (Wildman–Crippen MR) is 64.6 cm³/mol. The van der Waals surface area contributed by atoms with Crippen molar-refractivity contribution < 1.29 is 39.8 Å². The minimum absolute atomic E-state index is 0.0251. The number of hydrogen-bond donors (Lipinski definition) is 5. The molecule has 5 atom stereocenters. The van der Waals surface area contributed by atoms with E-state index in [9.17, 15) is 25.2 Å². The molecule has 2 heterocycles. The van der Waals surface area contributed by atoms with Gasteiger partial charge in [-0.05, 0) is 12.1 Å². The summed E-state index contributed by atoms with van der Waals surface area (Å²) in [7, 11) is 0. The van der Waals surface area contributed by atoms with Crippen LogP contribution in [-0.4, -0.2) is 73.5 Å². The highest BCUT2D eigenvalue weighted by molar-refractivity contribution is 5.89. The van der Waals surface area contributed by atoms with Crippen molar-refractivity contribution in [2.24, 2.45) is 0 Å². The maximum Gasteiger partial charge on any atom is 0.357 e. The number of aromatic nitrogens is 1. The Morgan fingerprint density at radius 2 is 2.10 bits per heavy atom. The summed E-state index contributed by atoms with van der Waals surface area (Å²) < 4.78 is 9.44. The fourth-order valence-electron chi connectivity index (χ4n) is 1.88. The lowest BCUT2D eigenvalue weighted by Crippen LogP contribution is -2.66. The Kier molecular flexibility index (Phi) is 4.52. The molecule has 9 nitrogen and oxygen atoms in total. The smallest absolute Gasteiger partial charge is 0.357 e. The molecule has 0 unspecified atom stereocenters. The first-order valence-electron chi connectivity index (χ1n) is 6.07. The van der Waals surface area contributed by atoms with Gasteiger partial charge in [-0.1, -0.05) is 0 Å². The van der Waals surface area contributed by atoms with Crippen molar-refractivity contribution in [3.63, 3.8) is 0 Å². The maximum atomic E-state index is 11.8. The summed E-state index contributed by atoms with van der Waals surface area (Å²) in [5.74, 6) is -3.97. The summed E-state index contributed by atoms with van der Waals surface area (Å²) in [5.41, 5.74) is -0.0251. The molecule has 1 aliphatic rings. The van der Waals surface area contributed by atoms with Gasteiger partial charge in [-0.3, -0.25) is 4.98 Å². The van der Waals surface area contributed by atoms with Crippen LogP contribution < -0.4 is 0 Å². The predicted octanol–water partition coefficient (Wildman–Crippen LogP) is -2.64. The van der Waals surface area contributed by atoms with Gasteiger partial charge in [0.05, 0.1) is 12.2 Å². The number of aliphatic hydroxyl groups excluding tert-OH is 4. The second kappa shape index (κ2) is 6.02. The van der Waals surface area contributed by atoms with Gasteiger partial charge in [0.25, 0.3) is 0 Å². The molecule has 1 fully saturated rings. The number of nitrogens with zero attached hydrogens (tertiary/aromatic N) is 1. The van der Waals surface area contributed by atoms with E-state index in [4.69, 9.17) is 9.84 Å². The Labute approximate surface area is 119 Å². The number of ether oxygens (including phenoxy) is 2. The molecule has 2 rings (SSSR count). The van der Waals surface area contributed by atoms with Crippen LogP contribution in [0.2, 0.25) is 0 Å². The largest absolute Gasteiger partial charge is 0.402 e. The third-order valence-electron chi connectivity index (χ3n) is 3.06. The van der Waals surface area contributed by atoms with Crippen molar-refractivity contribution in [3.05, 3.63) is 30.1 Å². The minimum Gasteiger partial charge on any atom is -0.402 e. The van der Waals surface area contributed by atoms with Crippen LogP contribution in [0.1, 0.15) is 10.4 Å². The summed E-state index contributed by atoms with van der Waals surface area (Å²) >= 11 is 0. The Morgan fingerprint density at radius 3 is 2.67 bits per heavy atom. The number of esters is 1. The van der Waals surface area contributed by atoms with Gasteiger partial charge in [0, 0.05) is 12.4 Å². The molecule has 116 valence electrons. The van der Waals surface area contributed by atoms with E-state index < -0.39 is 43.0 Å². The zero-order valence-corrected chi connectivity index (χ0v) is 10.7. The van der Waals surface area contributed by atoms with Crippen LogP contribution in [0.5, 0.6) is 0 Å². The van der Waals surface area contributed by atoms with Crippen LogP contribution in [0, 0.1) is 0 Å². The first-order chi connectivity index (χ1) is 9.89. The number of hydrogen-bond acceptors (Lipinski definition) is 9. The number of aliphatic hydroxyl groups is 5. The van der Waals surface area contributed by atoms with Crippen LogP contribution in [0.25, 0.3) is 0 Å². The Hall–Kier alpha value is -1.62. The molecular formula is C12H15NO8. The highest BCUT2D eigenvalue weighted by Gasteiger charge is 2.55. The van der Waals surface area contributed by atoms with E-state index in [2.05, 4.69) is 9.72 Å². The van der Waals surface area contributed by atoms with Gasteiger partial charge in [0.2, 0.25) is 0 Å². The molecule has 0 spiro atoms. The lowest BCUT2D eigenvalue weighted by Gasteiger charge is -2.43. The molecule has 0 amide bonds. The summed E-state index contributed by atoms with van der Waals surface area (Å²) in [6.45, 7) is -0.766. The Morgan fingerprint density at radius 1 is 1.38 bits per heavy atom. The molecule has 1 saturated heterocycles. The van der Waals surface area contributed by atoms with Gasteiger partial charge in [-0.25, -0.2) is 4.79 Å². The molecule has 5 N–H and O–H groups in total. The Balaban J connectivity index is 2.18. The van der Waals surface area contributed by atoms with Gasteiger partial charge in [-0.2, -0.15) is 0 Å². The first-order valence-corrected chi connectivity index (χ1v) is 6.07. The average Bonchev–Trinajstić information content (AvgIpc) is 2.50. The lowest BCUT2D eigenvalue weighted by atomic mass is 9.98. The first kappa shape index (κ1) is 15.8. The van der Waals surface area contributed by atoms with Gasteiger partial charge >= 0.3 is 11.9 Å². The van der Waals surface area contributed by atoms with E-state index in [1.165, 1.54) is 18.3 Å². The molecule has 0 radical (unpaired) electrons. The third-order valence-corrected chi connectivity index (χ3v) is 3.06. The summed E-state index contributed by atoms with van der Waals surface area (Å²) in [4.78, 5) is 15.5. The van der Waals surface area contributed by atoms with Crippen molar-refractivity contribution in [1.82, 2.24) is 4.98 Å². The molecule has 0 saturated carbocycles. The average molecular weight is 301 g/mol. The van der Waals surface area contributed by atoms with Crippen LogP contribution in [0.3, 0.4) is 0 Å². The topological polar surface area (TPSA) is 150 Å². The lowest BCUT2D eigenvalue weighted by molar-refractivity contribution is -0.430. The van der Waals surface area contributed by atoms with Gasteiger partial charge in [0.1, 0.15) is 18.3 Å². The molecule has 1 aromatic rings. The molecule has 1 aromatic heterocycles. The summed E-state index contributed by atoms with van der Waals surface area (Å²) in [5, 5.41) is 47.9. The highest BCUT2D eigenvalue weighted by atomic mass is 16.8. The minimum atomic E-state index is -2.90. The number of rotatable bonds is 3. The molecule has 21 heavy (non-hydrogen) atoms. The second-order valence-electron chi connectivity index (χ2n) is 4.53. The Bertz CT molecular complexity index is 495. The monoisotopic (exact) mass is 301 g/mol. The molecule has 9 heteroatoms. The van der Waals surface area contributed by atoms with Gasteiger partial charge in [-0.15, -0.1) is 0 Å². The number of carbonyl (C=O) groups excluding carboxylic acids is 1.